The second kappa shape index (κ2) is 4.04. The second-order valence-electron chi connectivity index (χ2n) is 2.83. The Labute approximate surface area is 91.1 Å². The smallest absolute Gasteiger partial charge is 0.212 e. The molecule has 0 aliphatic carbocycles. The van der Waals surface area contributed by atoms with Crippen molar-refractivity contribution in [1.29, 1.82) is 0 Å². The van der Waals surface area contributed by atoms with Crippen molar-refractivity contribution in [2.75, 3.05) is 0 Å². The first-order valence-electron chi connectivity index (χ1n) is 3.67. The van der Waals surface area contributed by atoms with E-state index in [1.165, 1.54) is 19.1 Å². The first kappa shape index (κ1) is 11.8. The van der Waals surface area contributed by atoms with Gasteiger partial charge in [0, 0.05) is 10.7 Å². The van der Waals surface area contributed by atoms with Crippen LogP contribution in [0.3, 0.4) is 0 Å². The molecule has 0 spiro atoms. The van der Waals surface area contributed by atoms with Gasteiger partial charge in [0.15, 0.2) is 0 Å². The number of hydrogen-bond donors (Lipinski definition) is 0. The van der Waals surface area contributed by atoms with Gasteiger partial charge >= 0.3 is 0 Å². The Morgan fingerprint density at radius 1 is 1.43 bits per heavy atom. The lowest BCUT2D eigenvalue weighted by molar-refractivity contribution is 0.606. The summed E-state index contributed by atoms with van der Waals surface area (Å²) in [6.07, 6.45) is 0. The highest BCUT2D eigenvalue weighted by Crippen LogP contribution is 2.23. The standard InChI is InChI=1S/C8H7Cl2FO2S/c1-5-6(4-14(10,12)13)2-3-7(9)8(5)11/h2-3H,4H2,1H3. The molecule has 0 saturated heterocycles. The fraction of sp³-hybridized carbons (Fsp3) is 0.250. The Bertz CT molecular complexity index is 457. The molecule has 0 amide bonds. The largest absolute Gasteiger partial charge is 0.236 e. The highest BCUT2D eigenvalue weighted by Gasteiger charge is 2.13. The van der Waals surface area contributed by atoms with Gasteiger partial charge in [-0.15, -0.1) is 0 Å². The Hall–Kier alpha value is -0.320. The molecular formula is C8H7Cl2FO2S. The van der Waals surface area contributed by atoms with E-state index >= 15 is 0 Å². The van der Waals surface area contributed by atoms with Crippen LogP contribution in [0.1, 0.15) is 11.1 Å². The molecule has 14 heavy (non-hydrogen) atoms. The summed E-state index contributed by atoms with van der Waals surface area (Å²) in [6, 6.07) is 2.75. The fourth-order valence-corrected chi connectivity index (χ4v) is 2.28. The normalized spacial score (nSPS) is 11.7. The van der Waals surface area contributed by atoms with Crippen molar-refractivity contribution in [3.05, 3.63) is 34.1 Å². The molecule has 1 rings (SSSR count). The van der Waals surface area contributed by atoms with E-state index < -0.39 is 20.6 Å². The number of benzene rings is 1. The molecule has 6 heteroatoms. The van der Waals surface area contributed by atoms with E-state index in [1.807, 2.05) is 0 Å². The lowest BCUT2D eigenvalue weighted by Crippen LogP contribution is -1.99. The van der Waals surface area contributed by atoms with Crippen molar-refractivity contribution >= 4 is 31.3 Å². The van der Waals surface area contributed by atoms with Gasteiger partial charge in [-0.25, -0.2) is 12.8 Å². The van der Waals surface area contributed by atoms with Crippen LogP contribution in [0.5, 0.6) is 0 Å². The van der Waals surface area contributed by atoms with Gasteiger partial charge in [0.1, 0.15) is 5.82 Å². The van der Waals surface area contributed by atoms with Gasteiger partial charge in [-0.1, -0.05) is 17.7 Å². The topological polar surface area (TPSA) is 34.1 Å². The molecule has 0 fully saturated rings. The minimum atomic E-state index is -3.67. The average Bonchev–Trinajstić information content (AvgIpc) is 2.04. The van der Waals surface area contributed by atoms with Gasteiger partial charge in [0.25, 0.3) is 0 Å². The van der Waals surface area contributed by atoms with Crippen molar-refractivity contribution in [1.82, 2.24) is 0 Å². The molecule has 1 aromatic carbocycles. The zero-order valence-electron chi connectivity index (χ0n) is 7.22. The minimum absolute atomic E-state index is 0.0294. The third kappa shape index (κ3) is 2.83. The van der Waals surface area contributed by atoms with Gasteiger partial charge in [0.05, 0.1) is 10.8 Å². The van der Waals surface area contributed by atoms with E-state index in [2.05, 4.69) is 0 Å². The maximum atomic E-state index is 13.2. The molecule has 0 heterocycles. The summed E-state index contributed by atoms with van der Waals surface area (Å²) in [5.41, 5.74) is 0.531. The molecule has 0 bridgehead atoms. The van der Waals surface area contributed by atoms with E-state index in [1.54, 1.807) is 0 Å². The minimum Gasteiger partial charge on any atom is -0.212 e. The molecule has 0 atom stereocenters. The van der Waals surface area contributed by atoms with Crippen LogP contribution in [0.2, 0.25) is 5.02 Å². The van der Waals surface area contributed by atoms with Crippen LogP contribution in [0, 0.1) is 12.7 Å². The Morgan fingerprint density at radius 3 is 2.50 bits per heavy atom. The van der Waals surface area contributed by atoms with Gasteiger partial charge in [-0.05, 0) is 24.1 Å². The summed E-state index contributed by atoms with van der Waals surface area (Å²) in [5.74, 6) is -1.00. The summed E-state index contributed by atoms with van der Waals surface area (Å²) in [5, 5.41) is -0.0294. The monoisotopic (exact) mass is 256 g/mol. The highest BCUT2D eigenvalue weighted by molar-refractivity contribution is 8.13. The summed E-state index contributed by atoms with van der Waals surface area (Å²) in [4.78, 5) is 0. The summed E-state index contributed by atoms with van der Waals surface area (Å²) < 4.78 is 34.7. The van der Waals surface area contributed by atoms with Crippen LogP contribution in [0.15, 0.2) is 12.1 Å². The van der Waals surface area contributed by atoms with Crippen molar-refractivity contribution in [2.45, 2.75) is 12.7 Å². The number of halogens is 3. The predicted molar refractivity (Wildman–Crippen MR) is 54.6 cm³/mol. The lowest BCUT2D eigenvalue weighted by atomic mass is 10.1. The molecule has 0 aliphatic rings. The van der Waals surface area contributed by atoms with Crippen LogP contribution in [0.4, 0.5) is 4.39 Å². The summed E-state index contributed by atoms with van der Waals surface area (Å²) >= 11 is 5.50. The SMILES string of the molecule is Cc1c(CS(=O)(=O)Cl)ccc(Cl)c1F. The summed E-state index contributed by atoms with van der Waals surface area (Å²) in [6.45, 7) is 1.46. The van der Waals surface area contributed by atoms with Crippen LogP contribution < -0.4 is 0 Å². The third-order valence-electron chi connectivity index (χ3n) is 1.78. The molecule has 0 N–H and O–H groups in total. The molecule has 0 aromatic heterocycles. The Morgan fingerprint density at radius 2 is 2.00 bits per heavy atom. The van der Waals surface area contributed by atoms with E-state index in [0.29, 0.717) is 5.56 Å². The maximum absolute atomic E-state index is 13.2. The molecule has 0 saturated carbocycles. The molecular weight excluding hydrogens is 250 g/mol. The van der Waals surface area contributed by atoms with Gasteiger partial charge in [0.2, 0.25) is 9.05 Å². The number of hydrogen-bond acceptors (Lipinski definition) is 2. The van der Waals surface area contributed by atoms with Crippen molar-refractivity contribution in [2.24, 2.45) is 0 Å². The van der Waals surface area contributed by atoms with Crippen LogP contribution in [0.25, 0.3) is 0 Å². The molecule has 0 radical (unpaired) electrons. The molecule has 1 aromatic rings. The van der Waals surface area contributed by atoms with Crippen LogP contribution in [-0.4, -0.2) is 8.42 Å². The number of rotatable bonds is 2. The quantitative estimate of drug-likeness (QED) is 0.763. The second-order valence-corrected chi connectivity index (χ2v) is 6.01. The van der Waals surface area contributed by atoms with Crippen LogP contribution in [-0.2, 0) is 14.8 Å². The van der Waals surface area contributed by atoms with Crippen molar-refractivity contribution in [3.63, 3.8) is 0 Å². The van der Waals surface area contributed by atoms with E-state index in [0.717, 1.165) is 0 Å². The van der Waals surface area contributed by atoms with E-state index in [-0.39, 0.29) is 10.6 Å². The molecule has 0 aliphatic heterocycles. The third-order valence-corrected chi connectivity index (χ3v) is 3.05. The average molecular weight is 257 g/mol. The van der Waals surface area contributed by atoms with Crippen molar-refractivity contribution < 1.29 is 12.8 Å². The molecule has 2 nitrogen and oxygen atoms in total. The molecule has 78 valence electrons. The first-order chi connectivity index (χ1) is 6.31. The van der Waals surface area contributed by atoms with Gasteiger partial charge < -0.3 is 0 Å². The zero-order chi connectivity index (χ0) is 10.9. The lowest BCUT2D eigenvalue weighted by Gasteiger charge is -2.05. The zero-order valence-corrected chi connectivity index (χ0v) is 9.55. The van der Waals surface area contributed by atoms with Crippen molar-refractivity contribution in [3.8, 4) is 0 Å². The predicted octanol–water partition coefficient (Wildman–Crippen LogP) is 2.86. The summed E-state index contributed by atoms with van der Waals surface area (Å²) in [7, 11) is 1.38. The van der Waals surface area contributed by atoms with Gasteiger partial charge in [-0.3, -0.25) is 0 Å². The highest BCUT2D eigenvalue weighted by atomic mass is 35.7. The first-order valence-corrected chi connectivity index (χ1v) is 6.52. The Balaban J connectivity index is 3.19. The van der Waals surface area contributed by atoms with E-state index in [9.17, 15) is 12.8 Å². The Kier molecular flexibility index (Phi) is 3.40. The van der Waals surface area contributed by atoms with E-state index in [4.69, 9.17) is 22.3 Å². The fourth-order valence-electron chi connectivity index (χ4n) is 1.03. The van der Waals surface area contributed by atoms with Gasteiger partial charge in [-0.2, -0.15) is 0 Å². The van der Waals surface area contributed by atoms with Crippen LogP contribution >= 0.6 is 22.3 Å². The maximum Gasteiger partial charge on any atom is 0.236 e. The molecule has 0 unspecified atom stereocenters.